The summed E-state index contributed by atoms with van der Waals surface area (Å²) in [5.74, 6) is 0.969. The van der Waals surface area contributed by atoms with E-state index in [1.165, 1.54) is 6.33 Å². The average molecular weight is 308 g/mol. The monoisotopic (exact) mass is 308 g/mol. The molecule has 23 heavy (non-hydrogen) atoms. The van der Waals surface area contributed by atoms with Gasteiger partial charge in [-0.2, -0.15) is 5.10 Å². The largest absolute Gasteiger partial charge is 0.339 e. The number of benzene rings is 1. The number of anilines is 3. The standard InChI is InChI=1S/C16H16N6O/c1-22-15-13(8-19-22)14(17-9-18-15)20-11-3-2-4-12(7-11)21-16(23)10-5-6-10/h2-4,7-10H,5-6H2,1H3,(H,21,23)(H,17,18,20). The predicted octanol–water partition coefficient (Wildman–Crippen LogP) is 2.46. The molecule has 7 heteroatoms. The van der Waals surface area contributed by atoms with Crippen LogP contribution in [-0.2, 0) is 11.8 Å². The Morgan fingerprint density at radius 2 is 2.09 bits per heavy atom. The molecule has 7 nitrogen and oxygen atoms in total. The fourth-order valence-corrected chi connectivity index (χ4v) is 2.46. The minimum absolute atomic E-state index is 0.0961. The van der Waals surface area contributed by atoms with Gasteiger partial charge in [0.05, 0.1) is 11.6 Å². The van der Waals surface area contributed by atoms with E-state index >= 15 is 0 Å². The van der Waals surface area contributed by atoms with Gasteiger partial charge >= 0.3 is 0 Å². The van der Waals surface area contributed by atoms with Gasteiger partial charge in [0.25, 0.3) is 0 Å². The Bertz CT molecular complexity index is 883. The van der Waals surface area contributed by atoms with Gasteiger partial charge in [-0.15, -0.1) is 0 Å². The number of hydrogen-bond donors (Lipinski definition) is 2. The number of aryl methyl sites for hydroxylation is 1. The Labute approximate surface area is 132 Å². The van der Waals surface area contributed by atoms with Crippen LogP contribution >= 0.6 is 0 Å². The predicted molar refractivity (Wildman–Crippen MR) is 87.4 cm³/mol. The molecule has 0 aliphatic heterocycles. The number of hydrogen-bond acceptors (Lipinski definition) is 5. The number of fused-ring (bicyclic) bond motifs is 1. The van der Waals surface area contributed by atoms with Crippen LogP contribution in [0.15, 0.2) is 36.8 Å². The molecular formula is C16H16N6O. The van der Waals surface area contributed by atoms with Gasteiger partial charge in [0, 0.05) is 24.3 Å². The number of aromatic nitrogens is 4. The summed E-state index contributed by atoms with van der Waals surface area (Å²) in [7, 11) is 1.84. The molecule has 2 heterocycles. The average Bonchev–Trinajstić information content (AvgIpc) is 3.33. The molecular weight excluding hydrogens is 292 g/mol. The van der Waals surface area contributed by atoms with E-state index in [4.69, 9.17) is 0 Å². The maximum absolute atomic E-state index is 11.9. The zero-order valence-corrected chi connectivity index (χ0v) is 12.7. The Hall–Kier alpha value is -2.96. The van der Waals surface area contributed by atoms with E-state index in [2.05, 4.69) is 25.7 Å². The van der Waals surface area contributed by atoms with Crippen molar-refractivity contribution < 1.29 is 4.79 Å². The zero-order chi connectivity index (χ0) is 15.8. The number of carbonyl (C=O) groups is 1. The van der Waals surface area contributed by atoms with Gasteiger partial charge < -0.3 is 10.6 Å². The summed E-state index contributed by atoms with van der Waals surface area (Å²) in [6.45, 7) is 0. The highest BCUT2D eigenvalue weighted by Gasteiger charge is 2.29. The van der Waals surface area contributed by atoms with Crippen molar-refractivity contribution in [3.8, 4) is 0 Å². The molecule has 0 spiro atoms. The molecule has 0 bridgehead atoms. The molecule has 1 amide bonds. The third-order valence-electron chi connectivity index (χ3n) is 3.87. The second kappa shape index (κ2) is 5.35. The molecule has 2 aromatic heterocycles. The molecule has 4 rings (SSSR count). The fraction of sp³-hybridized carbons (Fsp3) is 0.250. The molecule has 1 saturated carbocycles. The lowest BCUT2D eigenvalue weighted by Gasteiger charge is -2.09. The molecule has 1 aromatic carbocycles. The third-order valence-corrected chi connectivity index (χ3v) is 3.87. The van der Waals surface area contributed by atoms with Gasteiger partial charge in [0.1, 0.15) is 12.1 Å². The summed E-state index contributed by atoms with van der Waals surface area (Å²) in [5, 5.41) is 11.3. The van der Waals surface area contributed by atoms with Crippen LogP contribution in [0.25, 0.3) is 11.0 Å². The van der Waals surface area contributed by atoms with Crippen molar-refractivity contribution in [3.63, 3.8) is 0 Å². The Morgan fingerprint density at radius 1 is 1.26 bits per heavy atom. The Kier molecular flexibility index (Phi) is 3.18. The first-order valence-electron chi connectivity index (χ1n) is 7.51. The number of nitrogens with one attached hydrogen (secondary N) is 2. The quantitative estimate of drug-likeness (QED) is 0.773. The molecule has 116 valence electrons. The summed E-state index contributed by atoms with van der Waals surface area (Å²) >= 11 is 0. The molecule has 0 atom stereocenters. The molecule has 1 aliphatic carbocycles. The summed E-state index contributed by atoms with van der Waals surface area (Å²) in [6.07, 6.45) is 5.22. The van der Waals surface area contributed by atoms with E-state index in [1.807, 2.05) is 31.3 Å². The van der Waals surface area contributed by atoms with Crippen molar-refractivity contribution in [2.45, 2.75) is 12.8 Å². The zero-order valence-electron chi connectivity index (χ0n) is 12.7. The highest BCUT2D eigenvalue weighted by Crippen LogP contribution is 2.30. The van der Waals surface area contributed by atoms with Crippen LogP contribution in [0.4, 0.5) is 17.2 Å². The molecule has 0 unspecified atom stereocenters. The lowest BCUT2D eigenvalue weighted by molar-refractivity contribution is -0.117. The van der Waals surface area contributed by atoms with Crippen LogP contribution < -0.4 is 10.6 Å². The van der Waals surface area contributed by atoms with Crippen molar-refractivity contribution in [2.75, 3.05) is 10.6 Å². The highest BCUT2D eigenvalue weighted by atomic mass is 16.2. The van der Waals surface area contributed by atoms with Crippen LogP contribution in [0.3, 0.4) is 0 Å². The van der Waals surface area contributed by atoms with E-state index in [9.17, 15) is 4.79 Å². The molecule has 1 aliphatic rings. The number of amides is 1. The van der Waals surface area contributed by atoms with Gasteiger partial charge in [0.15, 0.2) is 5.65 Å². The molecule has 3 aromatic rings. The van der Waals surface area contributed by atoms with Crippen LogP contribution in [0.1, 0.15) is 12.8 Å². The summed E-state index contributed by atoms with van der Waals surface area (Å²) in [4.78, 5) is 20.4. The normalized spacial score (nSPS) is 14.0. The second-order valence-corrected chi connectivity index (χ2v) is 5.70. The molecule has 0 saturated heterocycles. The number of rotatable bonds is 4. The van der Waals surface area contributed by atoms with Gasteiger partial charge in [0.2, 0.25) is 5.91 Å². The minimum Gasteiger partial charge on any atom is -0.339 e. The van der Waals surface area contributed by atoms with E-state index in [-0.39, 0.29) is 11.8 Å². The maximum atomic E-state index is 11.9. The Balaban J connectivity index is 1.59. The van der Waals surface area contributed by atoms with Crippen molar-refractivity contribution in [2.24, 2.45) is 13.0 Å². The smallest absolute Gasteiger partial charge is 0.227 e. The van der Waals surface area contributed by atoms with Crippen molar-refractivity contribution in [3.05, 3.63) is 36.8 Å². The second-order valence-electron chi connectivity index (χ2n) is 5.70. The van der Waals surface area contributed by atoms with Crippen molar-refractivity contribution >= 4 is 34.1 Å². The summed E-state index contributed by atoms with van der Waals surface area (Å²) < 4.78 is 1.70. The fourth-order valence-electron chi connectivity index (χ4n) is 2.46. The first-order valence-corrected chi connectivity index (χ1v) is 7.51. The SMILES string of the molecule is Cn1ncc2c(Nc3cccc(NC(=O)C4CC4)c3)ncnc21. The first-order chi connectivity index (χ1) is 11.2. The van der Waals surface area contributed by atoms with Crippen LogP contribution in [0.2, 0.25) is 0 Å². The van der Waals surface area contributed by atoms with Crippen LogP contribution in [0, 0.1) is 5.92 Å². The maximum Gasteiger partial charge on any atom is 0.227 e. The topological polar surface area (TPSA) is 84.7 Å². The Morgan fingerprint density at radius 3 is 2.91 bits per heavy atom. The van der Waals surface area contributed by atoms with Gasteiger partial charge in [-0.05, 0) is 31.0 Å². The molecule has 2 N–H and O–H groups in total. The number of nitrogens with zero attached hydrogens (tertiary/aromatic N) is 4. The van der Waals surface area contributed by atoms with Gasteiger partial charge in [-0.1, -0.05) is 6.07 Å². The summed E-state index contributed by atoms with van der Waals surface area (Å²) in [5.41, 5.74) is 2.39. The lowest BCUT2D eigenvalue weighted by Crippen LogP contribution is -2.13. The lowest BCUT2D eigenvalue weighted by atomic mass is 10.2. The van der Waals surface area contributed by atoms with Crippen LogP contribution in [-0.4, -0.2) is 25.7 Å². The number of carbonyl (C=O) groups excluding carboxylic acids is 1. The first kappa shape index (κ1) is 13.7. The van der Waals surface area contributed by atoms with Gasteiger partial charge in [-0.3, -0.25) is 9.48 Å². The van der Waals surface area contributed by atoms with Gasteiger partial charge in [-0.25, -0.2) is 9.97 Å². The minimum atomic E-state index is 0.0961. The highest BCUT2D eigenvalue weighted by molar-refractivity contribution is 5.95. The van der Waals surface area contributed by atoms with Crippen LogP contribution in [0.5, 0.6) is 0 Å². The molecule has 0 radical (unpaired) electrons. The van der Waals surface area contributed by atoms with E-state index in [0.717, 1.165) is 35.2 Å². The van der Waals surface area contributed by atoms with E-state index in [0.29, 0.717) is 5.82 Å². The third kappa shape index (κ3) is 2.73. The van der Waals surface area contributed by atoms with Crippen molar-refractivity contribution in [1.82, 2.24) is 19.7 Å². The van der Waals surface area contributed by atoms with E-state index < -0.39 is 0 Å². The summed E-state index contributed by atoms with van der Waals surface area (Å²) in [6, 6.07) is 7.60. The van der Waals surface area contributed by atoms with Crippen molar-refractivity contribution in [1.29, 1.82) is 0 Å². The molecule has 1 fully saturated rings. The van der Waals surface area contributed by atoms with E-state index in [1.54, 1.807) is 10.9 Å².